The number of rotatable bonds is 7. The van der Waals surface area contributed by atoms with Gasteiger partial charge in [0.25, 0.3) is 0 Å². The summed E-state index contributed by atoms with van der Waals surface area (Å²) in [6.07, 6.45) is 2.68. The Kier molecular flexibility index (Phi) is 5.50. The second kappa shape index (κ2) is 8.32. The van der Waals surface area contributed by atoms with E-state index in [9.17, 15) is 9.46 Å². The molecule has 170 valence electrons. The number of hydrogen-bond acceptors (Lipinski definition) is 9. The van der Waals surface area contributed by atoms with Gasteiger partial charge in [-0.25, -0.2) is 9.55 Å². The summed E-state index contributed by atoms with van der Waals surface area (Å²) in [5.74, 6) is 1.28. The summed E-state index contributed by atoms with van der Waals surface area (Å²) in [6.45, 7) is 3.79. The SMILES string of the molecule is CC1CC(COP(=O)(O)Oc2ccccc2)OC1n1cnc2c(N3CCC3)nc(N)nc21. The van der Waals surface area contributed by atoms with Gasteiger partial charge in [-0.3, -0.25) is 14.0 Å². The molecule has 0 saturated carbocycles. The Morgan fingerprint density at radius 2 is 2.06 bits per heavy atom. The van der Waals surface area contributed by atoms with Crippen LogP contribution >= 0.6 is 7.82 Å². The summed E-state index contributed by atoms with van der Waals surface area (Å²) in [7, 11) is -4.27. The molecular weight excluding hydrogens is 435 g/mol. The molecule has 2 aromatic heterocycles. The van der Waals surface area contributed by atoms with Crippen LogP contribution in [0.5, 0.6) is 5.75 Å². The van der Waals surface area contributed by atoms with Crippen LogP contribution < -0.4 is 15.2 Å². The Hall–Kier alpha value is -2.72. The molecule has 0 radical (unpaired) electrons. The Morgan fingerprint density at radius 1 is 1.28 bits per heavy atom. The second-order valence-corrected chi connectivity index (χ2v) is 9.48. The maximum atomic E-state index is 12.3. The Morgan fingerprint density at radius 3 is 2.78 bits per heavy atom. The lowest BCUT2D eigenvalue weighted by Gasteiger charge is -2.32. The lowest BCUT2D eigenvalue weighted by atomic mass is 10.1. The molecule has 32 heavy (non-hydrogen) atoms. The van der Waals surface area contributed by atoms with Gasteiger partial charge in [-0.1, -0.05) is 25.1 Å². The summed E-state index contributed by atoms with van der Waals surface area (Å²) in [5.41, 5.74) is 7.26. The number of nitrogens with zero attached hydrogens (tertiary/aromatic N) is 5. The van der Waals surface area contributed by atoms with Crippen LogP contribution in [0.4, 0.5) is 11.8 Å². The average Bonchev–Trinajstić information content (AvgIpc) is 3.28. The number of phosphoric ester groups is 1. The first kappa shape index (κ1) is 21.1. The third-order valence-electron chi connectivity index (χ3n) is 5.69. The number of nitrogen functional groups attached to an aromatic ring is 1. The first-order chi connectivity index (χ1) is 15.4. The summed E-state index contributed by atoms with van der Waals surface area (Å²) >= 11 is 0. The molecule has 5 rings (SSSR count). The van der Waals surface area contributed by atoms with E-state index in [2.05, 4.69) is 19.9 Å². The van der Waals surface area contributed by atoms with Crippen molar-refractivity contribution in [3.63, 3.8) is 0 Å². The van der Waals surface area contributed by atoms with Crippen molar-refractivity contribution >= 4 is 30.8 Å². The van der Waals surface area contributed by atoms with Crippen LogP contribution in [-0.4, -0.2) is 50.2 Å². The van der Waals surface area contributed by atoms with Crippen LogP contribution in [0.3, 0.4) is 0 Å². The van der Waals surface area contributed by atoms with Crippen LogP contribution in [-0.2, 0) is 13.8 Å². The highest BCUT2D eigenvalue weighted by atomic mass is 31.2. The van der Waals surface area contributed by atoms with Crippen molar-refractivity contribution in [2.24, 2.45) is 5.92 Å². The van der Waals surface area contributed by atoms with Crippen LogP contribution in [0, 0.1) is 5.92 Å². The van der Waals surface area contributed by atoms with Gasteiger partial charge >= 0.3 is 7.82 Å². The third-order valence-corrected chi connectivity index (χ3v) is 6.61. The highest BCUT2D eigenvalue weighted by molar-refractivity contribution is 7.47. The van der Waals surface area contributed by atoms with Crippen molar-refractivity contribution in [1.82, 2.24) is 19.5 Å². The minimum Gasteiger partial charge on any atom is -0.404 e. The van der Waals surface area contributed by atoms with Crippen LogP contribution in [0.1, 0.15) is 26.0 Å². The molecule has 2 fully saturated rings. The zero-order valence-corrected chi connectivity index (χ0v) is 18.5. The fourth-order valence-electron chi connectivity index (χ4n) is 4.04. The normalized spacial score (nSPS) is 24.9. The van der Waals surface area contributed by atoms with Crippen molar-refractivity contribution < 1.29 is 23.2 Å². The number of phosphoric acid groups is 1. The maximum Gasteiger partial charge on any atom is 0.527 e. The minimum absolute atomic E-state index is 0.0791. The fraction of sp³-hybridized carbons (Fsp3) is 0.450. The molecule has 0 spiro atoms. The van der Waals surface area contributed by atoms with E-state index in [4.69, 9.17) is 19.5 Å². The predicted molar refractivity (Wildman–Crippen MR) is 117 cm³/mol. The van der Waals surface area contributed by atoms with E-state index in [1.54, 1.807) is 36.7 Å². The molecule has 2 saturated heterocycles. The molecule has 4 unspecified atom stereocenters. The van der Waals surface area contributed by atoms with Gasteiger partial charge in [-0.2, -0.15) is 9.97 Å². The highest BCUT2D eigenvalue weighted by Gasteiger charge is 2.37. The first-order valence-corrected chi connectivity index (χ1v) is 12.0. The molecule has 0 bridgehead atoms. The van der Waals surface area contributed by atoms with Gasteiger partial charge in [-0.15, -0.1) is 0 Å². The topological polar surface area (TPSA) is 138 Å². The monoisotopic (exact) mass is 460 g/mol. The predicted octanol–water partition coefficient (Wildman–Crippen LogP) is 2.74. The lowest BCUT2D eigenvalue weighted by molar-refractivity contribution is -0.0287. The summed E-state index contributed by atoms with van der Waals surface area (Å²) in [6, 6.07) is 8.38. The molecule has 11 nitrogen and oxygen atoms in total. The number of para-hydroxylation sites is 1. The third kappa shape index (κ3) is 4.16. The van der Waals surface area contributed by atoms with Crippen LogP contribution in [0.2, 0.25) is 0 Å². The molecule has 0 aliphatic carbocycles. The van der Waals surface area contributed by atoms with Gasteiger partial charge in [0.05, 0.1) is 19.0 Å². The van der Waals surface area contributed by atoms with Crippen molar-refractivity contribution in [3.05, 3.63) is 36.7 Å². The van der Waals surface area contributed by atoms with E-state index in [0.29, 0.717) is 17.6 Å². The molecule has 0 amide bonds. The number of nitrogens with two attached hydrogens (primary N) is 1. The van der Waals surface area contributed by atoms with E-state index in [-0.39, 0.29) is 36.6 Å². The van der Waals surface area contributed by atoms with Gasteiger partial charge in [0.2, 0.25) is 5.95 Å². The molecule has 4 heterocycles. The quantitative estimate of drug-likeness (QED) is 0.506. The van der Waals surface area contributed by atoms with Crippen LogP contribution in [0.25, 0.3) is 11.2 Å². The number of hydrogen-bond donors (Lipinski definition) is 2. The van der Waals surface area contributed by atoms with Crippen LogP contribution in [0.15, 0.2) is 36.7 Å². The van der Waals surface area contributed by atoms with E-state index >= 15 is 0 Å². The number of fused-ring (bicyclic) bond motifs is 1. The first-order valence-electron chi connectivity index (χ1n) is 10.5. The summed E-state index contributed by atoms with van der Waals surface area (Å²) in [5, 5.41) is 0. The van der Waals surface area contributed by atoms with Gasteiger partial charge in [0, 0.05) is 19.0 Å². The van der Waals surface area contributed by atoms with Crippen molar-refractivity contribution in [1.29, 1.82) is 0 Å². The van der Waals surface area contributed by atoms with Gasteiger partial charge in [-0.05, 0) is 25.0 Å². The minimum atomic E-state index is -4.27. The van der Waals surface area contributed by atoms with Crippen molar-refractivity contribution in [3.8, 4) is 5.75 Å². The Bertz CT molecular complexity index is 1150. The standard InChI is InChI=1S/C20H25N6O5P/c1-13-10-15(11-29-32(27,28)31-14-6-3-2-4-7-14)30-19(13)26-12-22-16-17(25-8-5-9-25)23-20(21)24-18(16)26/h2-4,6-7,12-13,15,19H,5,8-11H2,1H3,(H,27,28)(H2,21,23,24). The maximum absolute atomic E-state index is 12.3. The van der Waals surface area contributed by atoms with E-state index in [0.717, 1.165) is 25.3 Å². The molecular formula is C20H25N6O5P. The van der Waals surface area contributed by atoms with E-state index < -0.39 is 7.82 Å². The van der Waals surface area contributed by atoms with Gasteiger partial charge < -0.3 is 19.9 Å². The number of aromatic nitrogens is 4. The molecule has 4 atom stereocenters. The molecule has 12 heteroatoms. The molecule has 3 aromatic rings. The molecule has 2 aliphatic heterocycles. The molecule has 3 N–H and O–H groups in total. The summed E-state index contributed by atoms with van der Waals surface area (Å²) in [4.78, 5) is 25.4. The number of anilines is 2. The largest absolute Gasteiger partial charge is 0.527 e. The van der Waals surface area contributed by atoms with E-state index in [1.807, 2.05) is 11.5 Å². The highest BCUT2D eigenvalue weighted by Crippen LogP contribution is 2.45. The number of imidazole rings is 1. The number of benzene rings is 1. The lowest BCUT2D eigenvalue weighted by Crippen LogP contribution is -2.38. The summed E-state index contributed by atoms with van der Waals surface area (Å²) < 4.78 is 30.6. The molecule has 1 aromatic carbocycles. The Labute approximate surface area is 184 Å². The second-order valence-electron chi connectivity index (χ2n) is 8.10. The van der Waals surface area contributed by atoms with E-state index in [1.165, 1.54) is 0 Å². The smallest absolute Gasteiger partial charge is 0.404 e. The Balaban J connectivity index is 1.29. The molecule has 2 aliphatic rings. The van der Waals surface area contributed by atoms with Crippen molar-refractivity contribution in [2.75, 3.05) is 30.3 Å². The zero-order valence-electron chi connectivity index (χ0n) is 17.6. The number of ether oxygens (including phenoxy) is 1. The zero-order chi connectivity index (χ0) is 22.3. The van der Waals surface area contributed by atoms with Gasteiger partial charge in [0.15, 0.2) is 17.0 Å². The fourth-order valence-corrected chi connectivity index (χ4v) is 4.83. The van der Waals surface area contributed by atoms with Crippen molar-refractivity contribution in [2.45, 2.75) is 32.1 Å². The van der Waals surface area contributed by atoms with Gasteiger partial charge in [0.1, 0.15) is 12.0 Å². The average molecular weight is 460 g/mol.